The number of pyridine rings is 1. The highest BCUT2D eigenvalue weighted by atomic mass is 16.2. The molecule has 2 aliphatic rings. The van der Waals surface area contributed by atoms with E-state index in [0.717, 1.165) is 13.1 Å². The van der Waals surface area contributed by atoms with Gasteiger partial charge in [-0.15, -0.1) is 0 Å². The number of hydrogen-bond acceptors (Lipinski definition) is 4. The molecular weight excluding hydrogens is 252 g/mol. The van der Waals surface area contributed by atoms with Crippen LogP contribution >= 0.6 is 0 Å². The highest BCUT2D eigenvalue weighted by Gasteiger charge is 2.35. The molecule has 1 aromatic rings. The molecule has 2 aliphatic heterocycles. The molecule has 5 heteroatoms. The van der Waals surface area contributed by atoms with E-state index < -0.39 is 0 Å². The average Bonchev–Trinajstić information content (AvgIpc) is 2.46. The molecule has 108 valence electrons. The van der Waals surface area contributed by atoms with Gasteiger partial charge in [-0.25, -0.2) is 4.98 Å². The molecule has 5 nitrogen and oxygen atoms in total. The number of anilines is 1. The van der Waals surface area contributed by atoms with E-state index in [1.54, 1.807) is 18.3 Å². The first-order valence-electron chi connectivity index (χ1n) is 7.42. The molecule has 0 spiro atoms. The third-order valence-corrected chi connectivity index (χ3v) is 4.52. The molecule has 0 bridgehead atoms. The van der Waals surface area contributed by atoms with E-state index in [0.29, 0.717) is 17.4 Å². The van der Waals surface area contributed by atoms with Gasteiger partial charge < -0.3 is 10.6 Å². The van der Waals surface area contributed by atoms with E-state index in [-0.39, 0.29) is 11.9 Å². The number of piperidine rings is 1. The fourth-order valence-corrected chi connectivity index (χ4v) is 3.39. The van der Waals surface area contributed by atoms with Crippen LogP contribution in [-0.2, 0) is 0 Å². The molecule has 20 heavy (non-hydrogen) atoms. The van der Waals surface area contributed by atoms with Gasteiger partial charge in [0, 0.05) is 31.4 Å². The summed E-state index contributed by atoms with van der Waals surface area (Å²) in [5, 5.41) is 0. The van der Waals surface area contributed by atoms with Crippen molar-refractivity contribution in [1.82, 2.24) is 14.8 Å². The third-order valence-electron chi connectivity index (χ3n) is 4.52. The van der Waals surface area contributed by atoms with Crippen LogP contribution in [0.2, 0.25) is 0 Å². The topological polar surface area (TPSA) is 62.5 Å². The summed E-state index contributed by atoms with van der Waals surface area (Å²) >= 11 is 0. The van der Waals surface area contributed by atoms with Crippen LogP contribution in [-0.4, -0.2) is 52.4 Å². The van der Waals surface area contributed by atoms with Crippen molar-refractivity contribution in [1.29, 1.82) is 0 Å². The van der Waals surface area contributed by atoms with Gasteiger partial charge in [-0.1, -0.05) is 6.42 Å². The molecule has 0 aromatic carbocycles. The lowest BCUT2D eigenvalue weighted by Gasteiger charge is -2.47. The van der Waals surface area contributed by atoms with Gasteiger partial charge in [0.25, 0.3) is 5.91 Å². The van der Waals surface area contributed by atoms with Crippen molar-refractivity contribution in [2.75, 3.05) is 25.4 Å². The largest absolute Gasteiger partial charge is 0.383 e. The fourth-order valence-electron chi connectivity index (χ4n) is 3.39. The maximum absolute atomic E-state index is 12.7. The normalized spacial score (nSPS) is 27.1. The number of carbonyl (C=O) groups excluding carboxylic acids is 1. The molecule has 2 fully saturated rings. The Morgan fingerprint density at radius 2 is 2.25 bits per heavy atom. The zero-order valence-electron chi connectivity index (χ0n) is 12.0. The first-order chi connectivity index (χ1) is 9.66. The van der Waals surface area contributed by atoms with Gasteiger partial charge in [0.2, 0.25) is 0 Å². The predicted octanol–water partition coefficient (Wildman–Crippen LogP) is 1.36. The summed E-state index contributed by atoms with van der Waals surface area (Å²) in [6.07, 6.45) is 5.37. The Hall–Kier alpha value is -1.62. The molecular formula is C15H22N4O. The lowest BCUT2D eigenvalue weighted by molar-refractivity contribution is 0.0152. The second kappa shape index (κ2) is 5.40. The summed E-state index contributed by atoms with van der Waals surface area (Å²) in [6, 6.07) is 4.29. The number of nitrogens with two attached hydrogens (primary N) is 1. The second-order valence-corrected chi connectivity index (χ2v) is 5.89. The van der Waals surface area contributed by atoms with E-state index >= 15 is 0 Å². The van der Waals surface area contributed by atoms with E-state index in [2.05, 4.69) is 16.8 Å². The number of rotatable bonds is 1. The highest BCUT2D eigenvalue weighted by Crippen LogP contribution is 2.25. The number of nitrogen functional groups attached to an aromatic ring is 1. The van der Waals surface area contributed by atoms with E-state index in [1.165, 1.54) is 25.8 Å². The molecule has 3 rings (SSSR count). The van der Waals surface area contributed by atoms with Crippen LogP contribution in [0.4, 0.5) is 5.82 Å². The standard InChI is InChI=1S/C15H22N4O/c1-11-9-18-8-3-2-5-12(18)10-19(11)15(20)13-6-4-7-17-14(13)16/h4,6-7,11-12H,2-3,5,8-10H2,1H3,(H2,16,17). The fraction of sp³-hybridized carbons (Fsp3) is 0.600. The van der Waals surface area contributed by atoms with E-state index in [9.17, 15) is 4.79 Å². The van der Waals surface area contributed by atoms with Crippen molar-refractivity contribution >= 4 is 11.7 Å². The Morgan fingerprint density at radius 1 is 1.40 bits per heavy atom. The van der Waals surface area contributed by atoms with Gasteiger partial charge in [0.1, 0.15) is 5.82 Å². The van der Waals surface area contributed by atoms with Gasteiger partial charge in [-0.3, -0.25) is 9.69 Å². The molecule has 2 saturated heterocycles. The SMILES string of the molecule is CC1CN2CCCCC2CN1C(=O)c1cccnc1N. The van der Waals surface area contributed by atoms with E-state index in [4.69, 9.17) is 5.73 Å². The van der Waals surface area contributed by atoms with Crippen molar-refractivity contribution in [2.24, 2.45) is 0 Å². The van der Waals surface area contributed by atoms with Gasteiger partial charge >= 0.3 is 0 Å². The average molecular weight is 274 g/mol. The van der Waals surface area contributed by atoms with Gasteiger partial charge in [0.05, 0.1) is 5.56 Å². The molecule has 1 amide bonds. The van der Waals surface area contributed by atoms with Crippen LogP contribution in [0.1, 0.15) is 36.5 Å². The first kappa shape index (κ1) is 13.4. The molecule has 3 heterocycles. The minimum atomic E-state index is 0.0216. The monoisotopic (exact) mass is 274 g/mol. The van der Waals surface area contributed by atoms with Crippen molar-refractivity contribution in [3.63, 3.8) is 0 Å². The highest BCUT2D eigenvalue weighted by molar-refractivity contribution is 5.98. The molecule has 2 unspecified atom stereocenters. The number of nitrogens with zero attached hydrogens (tertiary/aromatic N) is 3. The molecule has 1 aromatic heterocycles. The van der Waals surface area contributed by atoms with Crippen molar-refractivity contribution in [3.8, 4) is 0 Å². The zero-order chi connectivity index (χ0) is 14.1. The minimum absolute atomic E-state index is 0.0216. The van der Waals surface area contributed by atoms with E-state index in [1.807, 2.05) is 4.90 Å². The van der Waals surface area contributed by atoms with Crippen molar-refractivity contribution in [2.45, 2.75) is 38.3 Å². The number of piperazine rings is 1. The summed E-state index contributed by atoms with van der Waals surface area (Å²) in [7, 11) is 0. The predicted molar refractivity (Wildman–Crippen MR) is 78.4 cm³/mol. The quantitative estimate of drug-likeness (QED) is 0.840. The Bertz CT molecular complexity index is 504. The van der Waals surface area contributed by atoms with Crippen molar-refractivity contribution < 1.29 is 4.79 Å². The third kappa shape index (κ3) is 2.38. The van der Waals surface area contributed by atoms with Gasteiger partial charge in [-0.2, -0.15) is 0 Å². The molecule has 0 radical (unpaired) electrons. The zero-order valence-corrected chi connectivity index (χ0v) is 12.0. The van der Waals surface area contributed by atoms with Crippen LogP contribution in [0.3, 0.4) is 0 Å². The number of hydrogen-bond donors (Lipinski definition) is 1. The molecule has 0 aliphatic carbocycles. The van der Waals surface area contributed by atoms with Crippen LogP contribution < -0.4 is 5.73 Å². The number of amides is 1. The Morgan fingerprint density at radius 3 is 3.05 bits per heavy atom. The smallest absolute Gasteiger partial charge is 0.257 e. The number of carbonyl (C=O) groups is 1. The Balaban J connectivity index is 1.79. The molecule has 0 saturated carbocycles. The van der Waals surface area contributed by atoms with Crippen LogP contribution in [0.15, 0.2) is 18.3 Å². The first-order valence-corrected chi connectivity index (χ1v) is 7.42. The summed E-state index contributed by atoms with van der Waals surface area (Å²) in [6.45, 7) is 5.08. The van der Waals surface area contributed by atoms with Crippen molar-refractivity contribution in [3.05, 3.63) is 23.9 Å². The van der Waals surface area contributed by atoms with Crippen LogP contribution in [0, 0.1) is 0 Å². The number of aromatic nitrogens is 1. The Kier molecular flexibility index (Phi) is 3.61. The lowest BCUT2D eigenvalue weighted by Crippen LogP contribution is -2.60. The summed E-state index contributed by atoms with van der Waals surface area (Å²) in [5.41, 5.74) is 6.37. The summed E-state index contributed by atoms with van der Waals surface area (Å²) < 4.78 is 0. The van der Waals surface area contributed by atoms with Crippen LogP contribution in [0.5, 0.6) is 0 Å². The summed E-state index contributed by atoms with van der Waals surface area (Å²) in [4.78, 5) is 21.2. The number of fused-ring (bicyclic) bond motifs is 1. The summed E-state index contributed by atoms with van der Waals surface area (Å²) in [5.74, 6) is 0.351. The lowest BCUT2D eigenvalue weighted by atomic mass is 9.96. The maximum Gasteiger partial charge on any atom is 0.257 e. The molecule has 2 N–H and O–H groups in total. The Labute approximate surface area is 119 Å². The van der Waals surface area contributed by atoms with Crippen LogP contribution in [0.25, 0.3) is 0 Å². The van der Waals surface area contributed by atoms with Gasteiger partial charge in [-0.05, 0) is 38.4 Å². The van der Waals surface area contributed by atoms with Gasteiger partial charge in [0.15, 0.2) is 0 Å². The maximum atomic E-state index is 12.7. The minimum Gasteiger partial charge on any atom is -0.383 e. The molecule has 2 atom stereocenters. The second-order valence-electron chi connectivity index (χ2n) is 5.89.